The summed E-state index contributed by atoms with van der Waals surface area (Å²) >= 11 is 4.05. The SMILES string of the molecule is NC(N)=NCCCC(N)C(=O)NC(CS)C(=O)NC(CCC(=O)O)C(=O)NC(Cc1cnc[nH]1)C(=O)O. The quantitative estimate of drug-likeness (QED) is 0.0401. The van der Waals surface area contributed by atoms with Crippen LogP contribution in [0.1, 0.15) is 31.4 Å². The Balaban J connectivity index is 2.83. The van der Waals surface area contributed by atoms with Gasteiger partial charge in [0.15, 0.2) is 5.96 Å². The van der Waals surface area contributed by atoms with Crippen molar-refractivity contribution in [2.45, 2.75) is 56.3 Å². The van der Waals surface area contributed by atoms with E-state index in [1.807, 2.05) is 0 Å². The fraction of sp³-hybridized carbons (Fsp3) is 0.550. The highest BCUT2D eigenvalue weighted by Crippen LogP contribution is 2.05. The molecular formula is C20H33N9O7S. The lowest BCUT2D eigenvalue weighted by atomic mass is 10.1. The van der Waals surface area contributed by atoms with Gasteiger partial charge >= 0.3 is 11.9 Å². The second kappa shape index (κ2) is 16.0. The molecule has 0 saturated carbocycles. The minimum atomic E-state index is -1.40. The molecule has 1 aromatic rings. The van der Waals surface area contributed by atoms with Crippen molar-refractivity contribution in [3.8, 4) is 0 Å². The number of aliphatic carboxylic acids is 2. The predicted molar refractivity (Wildman–Crippen MR) is 134 cm³/mol. The molecule has 16 nitrogen and oxygen atoms in total. The number of carboxylic acid groups (broad SMARTS) is 2. The first kappa shape index (κ1) is 31.2. The van der Waals surface area contributed by atoms with E-state index in [0.29, 0.717) is 12.1 Å². The second-order valence-corrected chi connectivity index (χ2v) is 8.34. The minimum absolute atomic E-state index is 0.0951. The van der Waals surface area contributed by atoms with Crippen molar-refractivity contribution < 1.29 is 34.2 Å². The summed E-state index contributed by atoms with van der Waals surface area (Å²) in [7, 11) is 0. The molecule has 0 bridgehead atoms. The number of carbonyl (C=O) groups is 5. The van der Waals surface area contributed by atoms with Crippen molar-refractivity contribution in [2.75, 3.05) is 12.3 Å². The Morgan fingerprint density at radius 3 is 2.16 bits per heavy atom. The summed E-state index contributed by atoms with van der Waals surface area (Å²) in [6.07, 6.45) is 2.41. The number of aromatic amines is 1. The third kappa shape index (κ3) is 12.1. The van der Waals surface area contributed by atoms with Gasteiger partial charge in [0.2, 0.25) is 17.7 Å². The zero-order valence-corrected chi connectivity index (χ0v) is 20.8. The number of hydrogen-bond donors (Lipinski definition) is 10. The first-order chi connectivity index (χ1) is 17.4. The summed E-state index contributed by atoms with van der Waals surface area (Å²) in [6.45, 7) is 0.262. The lowest BCUT2D eigenvalue weighted by molar-refractivity contribution is -0.143. The van der Waals surface area contributed by atoms with Gasteiger partial charge in [0.05, 0.1) is 12.4 Å². The number of hydrogen-bond acceptors (Lipinski definition) is 9. The molecule has 0 radical (unpaired) electrons. The topological polar surface area (TPSA) is 281 Å². The van der Waals surface area contributed by atoms with Crippen LogP contribution in [0.2, 0.25) is 0 Å². The highest BCUT2D eigenvalue weighted by molar-refractivity contribution is 7.80. The summed E-state index contributed by atoms with van der Waals surface area (Å²) < 4.78 is 0. The predicted octanol–water partition coefficient (Wildman–Crippen LogP) is -3.33. The molecule has 0 spiro atoms. The number of carbonyl (C=O) groups excluding carboxylic acids is 3. The number of nitrogens with one attached hydrogen (secondary N) is 4. The number of thiol groups is 1. The molecule has 0 aliphatic carbocycles. The molecule has 17 heteroatoms. The molecule has 1 rings (SSSR count). The van der Waals surface area contributed by atoms with Gasteiger partial charge in [-0.1, -0.05) is 0 Å². The molecule has 4 unspecified atom stereocenters. The zero-order chi connectivity index (χ0) is 28.0. The number of guanidine groups is 1. The molecule has 1 aromatic heterocycles. The van der Waals surface area contributed by atoms with Crippen molar-refractivity contribution in [1.29, 1.82) is 0 Å². The second-order valence-electron chi connectivity index (χ2n) is 7.97. The fourth-order valence-electron chi connectivity index (χ4n) is 3.02. The highest BCUT2D eigenvalue weighted by atomic mass is 32.1. The molecule has 0 aromatic carbocycles. The van der Waals surface area contributed by atoms with Crippen molar-refractivity contribution in [2.24, 2.45) is 22.2 Å². The van der Waals surface area contributed by atoms with Crippen LogP contribution >= 0.6 is 12.6 Å². The highest BCUT2D eigenvalue weighted by Gasteiger charge is 2.30. The van der Waals surface area contributed by atoms with Crippen molar-refractivity contribution in [1.82, 2.24) is 25.9 Å². The Morgan fingerprint density at radius 2 is 1.62 bits per heavy atom. The number of carboxylic acids is 2. The number of H-pyrrole nitrogens is 1. The van der Waals surface area contributed by atoms with E-state index in [0.717, 1.165) is 0 Å². The number of nitrogens with two attached hydrogens (primary N) is 3. The molecular weight excluding hydrogens is 510 g/mol. The summed E-state index contributed by atoms with van der Waals surface area (Å²) in [5, 5.41) is 25.6. The first-order valence-corrected chi connectivity index (χ1v) is 11.8. The van der Waals surface area contributed by atoms with Crippen LogP contribution in [-0.4, -0.2) is 92.3 Å². The van der Waals surface area contributed by atoms with E-state index < -0.39 is 60.2 Å². The molecule has 4 atom stereocenters. The lowest BCUT2D eigenvalue weighted by Crippen LogP contribution is -2.57. The van der Waals surface area contributed by atoms with Gasteiger partial charge < -0.3 is 48.3 Å². The van der Waals surface area contributed by atoms with Crippen molar-refractivity contribution >= 4 is 48.2 Å². The van der Waals surface area contributed by atoms with E-state index in [1.54, 1.807) is 0 Å². The maximum Gasteiger partial charge on any atom is 0.326 e. The Bertz CT molecular complexity index is 954. The molecule has 37 heavy (non-hydrogen) atoms. The number of imidazole rings is 1. The standard InChI is InChI=1S/C20H33N9O7S/c21-11(2-1-5-25-20(22)23)16(32)29-14(8-37)18(34)27-12(3-4-15(30)31)17(33)28-13(19(35)36)6-10-7-24-9-26-10/h7,9,11-14,37H,1-6,8,21H2,(H,24,26)(H,27,34)(H,28,33)(H,29,32)(H,30,31)(H,35,36)(H4,22,23,25). The number of rotatable bonds is 17. The first-order valence-electron chi connectivity index (χ1n) is 11.2. The molecule has 3 amide bonds. The number of aromatic nitrogens is 2. The molecule has 1 heterocycles. The van der Waals surface area contributed by atoms with E-state index in [4.69, 9.17) is 22.3 Å². The summed E-state index contributed by atoms with van der Waals surface area (Å²) in [5.41, 5.74) is 16.7. The molecule has 206 valence electrons. The monoisotopic (exact) mass is 543 g/mol. The van der Waals surface area contributed by atoms with Gasteiger partial charge in [0.1, 0.15) is 18.1 Å². The maximum atomic E-state index is 12.8. The molecule has 12 N–H and O–H groups in total. The molecule has 0 aliphatic heterocycles. The average molecular weight is 544 g/mol. The average Bonchev–Trinajstić information content (AvgIpc) is 3.34. The molecule has 0 fully saturated rings. The third-order valence-corrected chi connectivity index (χ3v) is 5.36. The van der Waals surface area contributed by atoms with Crippen molar-refractivity contribution in [3.05, 3.63) is 18.2 Å². The number of amides is 3. The Kier molecular flexibility index (Phi) is 13.5. The Labute approximate surface area is 217 Å². The van der Waals surface area contributed by atoms with Gasteiger partial charge in [-0.2, -0.15) is 12.6 Å². The van der Waals surface area contributed by atoms with Crippen LogP contribution in [0.3, 0.4) is 0 Å². The zero-order valence-electron chi connectivity index (χ0n) is 19.9. The van der Waals surface area contributed by atoms with Crippen LogP contribution in [0, 0.1) is 0 Å². The maximum absolute atomic E-state index is 12.8. The summed E-state index contributed by atoms with van der Waals surface area (Å²) in [6, 6.07) is -4.97. The normalized spacial score (nSPS) is 13.9. The van der Waals surface area contributed by atoms with Crippen LogP contribution in [0.5, 0.6) is 0 Å². The number of aliphatic imine (C=N–C) groups is 1. The summed E-state index contributed by atoms with van der Waals surface area (Å²) in [4.78, 5) is 70.9. The van der Waals surface area contributed by atoms with Crippen molar-refractivity contribution in [3.63, 3.8) is 0 Å². The third-order valence-electron chi connectivity index (χ3n) is 4.99. The smallest absolute Gasteiger partial charge is 0.326 e. The largest absolute Gasteiger partial charge is 0.481 e. The van der Waals surface area contributed by atoms with Gasteiger partial charge in [0, 0.05) is 37.0 Å². The van der Waals surface area contributed by atoms with E-state index in [-0.39, 0.29) is 37.5 Å². The van der Waals surface area contributed by atoms with Gasteiger partial charge in [-0.25, -0.2) is 9.78 Å². The summed E-state index contributed by atoms with van der Waals surface area (Å²) in [5.74, 6) is -5.24. The molecule has 0 saturated heterocycles. The van der Waals surface area contributed by atoms with Gasteiger partial charge in [-0.15, -0.1) is 0 Å². The van der Waals surface area contributed by atoms with E-state index in [1.165, 1.54) is 12.5 Å². The van der Waals surface area contributed by atoms with Crippen LogP contribution in [0.15, 0.2) is 17.5 Å². The molecule has 0 aliphatic rings. The van der Waals surface area contributed by atoms with Crippen LogP contribution in [0.4, 0.5) is 0 Å². The van der Waals surface area contributed by atoms with E-state index in [2.05, 4.69) is 43.5 Å². The minimum Gasteiger partial charge on any atom is -0.481 e. The van der Waals surface area contributed by atoms with Crippen LogP contribution < -0.4 is 33.2 Å². The van der Waals surface area contributed by atoms with Crippen LogP contribution in [-0.2, 0) is 30.4 Å². The number of nitrogens with zero attached hydrogens (tertiary/aromatic N) is 2. The van der Waals surface area contributed by atoms with Gasteiger partial charge in [-0.05, 0) is 19.3 Å². The van der Waals surface area contributed by atoms with Crippen LogP contribution in [0.25, 0.3) is 0 Å². The fourth-order valence-corrected chi connectivity index (χ4v) is 3.28. The van der Waals surface area contributed by atoms with E-state index in [9.17, 15) is 29.1 Å². The lowest BCUT2D eigenvalue weighted by Gasteiger charge is -2.24. The Hall–Kier alpha value is -3.86. The Morgan fingerprint density at radius 1 is 1.00 bits per heavy atom. The van der Waals surface area contributed by atoms with E-state index >= 15 is 0 Å². The van der Waals surface area contributed by atoms with Gasteiger partial charge in [-0.3, -0.25) is 24.2 Å². The van der Waals surface area contributed by atoms with Gasteiger partial charge in [0.25, 0.3) is 0 Å².